The molecular formula is C17H21N3OS. The number of nitrogens with zero attached hydrogens (tertiary/aromatic N) is 3. The van der Waals surface area contributed by atoms with Gasteiger partial charge in [0.25, 0.3) is 0 Å². The third-order valence-corrected chi connectivity index (χ3v) is 5.86. The minimum atomic E-state index is -0.0225. The van der Waals surface area contributed by atoms with Gasteiger partial charge in [0, 0.05) is 11.3 Å². The Hall–Kier alpha value is -1.33. The van der Waals surface area contributed by atoms with Crippen molar-refractivity contribution in [2.45, 2.75) is 61.6 Å². The summed E-state index contributed by atoms with van der Waals surface area (Å²) in [6.45, 7) is -0.0225. The summed E-state index contributed by atoms with van der Waals surface area (Å²) in [5.41, 5.74) is 2.94. The Kier molecular flexibility index (Phi) is 3.92. The van der Waals surface area contributed by atoms with Crippen LogP contribution in [0.3, 0.4) is 0 Å². The molecule has 0 aliphatic heterocycles. The van der Waals surface area contributed by atoms with E-state index in [0.29, 0.717) is 17.1 Å². The summed E-state index contributed by atoms with van der Waals surface area (Å²) in [5, 5.41) is 19.5. The molecule has 2 aromatic rings. The summed E-state index contributed by atoms with van der Waals surface area (Å²) in [6.07, 6.45) is 7.26. The van der Waals surface area contributed by atoms with E-state index in [0.717, 1.165) is 5.16 Å². The van der Waals surface area contributed by atoms with Gasteiger partial charge in [-0.15, -0.1) is 10.2 Å². The maximum absolute atomic E-state index is 9.48. The van der Waals surface area contributed by atoms with E-state index in [2.05, 4.69) is 39.0 Å². The molecule has 0 saturated heterocycles. The Morgan fingerprint density at radius 1 is 1.14 bits per heavy atom. The van der Waals surface area contributed by atoms with Gasteiger partial charge < -0.3 is 9.67 Å². The molecule has 2 aliphatic carbocycles. The molecule has 1 aromatic carbocycles. The summed E-state index contributed by atoms with van der Waals surface area (Å²) in [4.78, 5) is 0. The highest BCUT2D eigenvalue weighted by molar-refractivity contribution is 7.99. The van der Waals surface area contributed by atoms with Crippen LogP contribution in [0.2, 0.25) is 0 Å². The normalized spacial score (nSPS) is 21.4. The quantitative estimate of drug-likeness (QED) is 0.875. The Labute approximate surface area is 135 Å². The molecule has 0 spiro atoms. The van der Waals surface area contributed by atoms with E-state index in [1.165, 1.54) is 49.7 Å². The molecule has 1 heterocycles. The van der Waals surface area contributed by atoms with E-state index in [4.69, 9.17) is 0 Å². The number of hydrogen-bond acceptors (Lipinski definition) is 4. The maximum atomic E-state index is 9.48. The van der Waals surface area contributed by atoms with Crippen LogP contribution < -0.4 is 0 Å². The summed E-state index contributed by atoms with van der Waals surface area (Å²) in [7, 11) is 0. The van der Waals surface area contributed by atoms with E-state index < -0.39 is 0 Å². The van der Waals surface area contributed by atoms with Crippen molar-refractivity contribution in [1.29, 1.82) is 0 Å². The molecular weight excluding hydrogens is 294 g/mol. The molecule has 2 aliphatic rings. The first-order valence-corrected chi connectivity index (χ1v) is 9.04. The summed E-state index contributed by atoms with van der Waals surface area (Å²) in [6, 6.07) is 9.31. The van der Waals surface area contributed by atoms with Crippen molar-refractivity contribution in [3.05, 3.63) is 41.2 Å². The lowest BCUT2D eigenvalue weighted by Gasteiger charge is -2.17. The van der Waals surface area contributed by atoms with Gasteiger partial charge in [-0.2, -0.15) is 0 Å². The third kappa shape index (κ3) is 2.68. The first-order valence-electron chi connectivity index (χ1n) is 8.16. The summed E-state index contributed by atoms with van der Waals surface area (Å²) in [5.74, 6) is 0.715. The highest BCUT2D eigenvalue weighted by atomic mass is 32.2. The predicted molar refractivity (Wildman–Crippen MR) is 86.8 cm³/mol. The van der Waals surface area contributed by atoms with Crippen LogP contribution in [-0.2, 0) is 13.0 Å². The molecule has 1 saturated carbocycles. The minimum absolute atomic E-state index is 0.0225. The van der Waals surface area contributed by atoms with Crippen molar-refractivity contribution in [2.24, 2.45) is 0 Å². The average molecular weight is 315 g/mol. The average Bonchev–Trinajstić information content (AvgIpc) is 3.33. The van der Waals surface area contributed by atoms with E-state index in [1.807, 2.05) is 11.8 Å². The van der Waals surface area contributed by atoms with Crippen molar-refractivity contribution in [1.82, 2.24) is 14.8 Å². The molecule has 4 nitrogen and oxygen atoms in total. The molecule has 1 N–H and O–H groups in total. The molecule has 0 amide bonds. The van der Waals surface area contributed by atoms with Gasteiger partial charge >= 0.3 is 0 Å². The number of benzene rings is 1. The van der Waals surface area contributed by atoms with Gasteiger partial charge in [-0.1, -0.05) is 42.4 Å². The van der Waals surface area contributed by atoms with Crippen LogP contribution in [0.4, 0.5) is 0 Å². The number of aromatic nitrogens is 3. The molecule has 4 rings (SSSR count). The van der Waals surface area contributed by atoms with E-state index in [1.54, 1.807) is 0 Å². The van der Waals surface area contributed by atoms with Gasteiger partial charge in [-0.25, -0.2) is 0 Å². The molecule has 1 unspecified atom stereocenters. The maximum Gasteiger partial charge on any atom is 0.192 e. The number of hydrogen-bond donors (Lipinski definition) is 1. The third-order valence-electron chi connectivity index (χ3n) is 4.60. The highest BCUT2D eigenvalue weighted by Crippen LogP contribution is 2.45. The molecule has 1 aromatic heterocycles. The van der Waals surface area contributed by atoms with Crippen LogP contribution in [0.25, 0.3) is 0 Å². The van der Waals surface area contributed by atoms with E-state index in [9.17, 15) is 5.11 Å². The Balaban J connectivity index is 1.65. The molecule has 22 heavy (non-hydrogen) atoms. The zero-order chi connectivity index (χ0) is 14.9. The summed E-state index contributed by atoms with van der Waals surface area (Å²) < 4.78 is 2.16. The molecule has 116 valence electrons. The SMILES string of the molecule is OCc1nnc(SC2CCCCc3ccccc32)n1C1CC1. The van der Waals surface area contributed by atoms with Gasteiger partial charge in [-0.3, -0.25) is 0 Å². The number of aryl methyl sites for hydroxylation is 1. The molecule has 0 radical (unpaired) electrons. The first kappa shape index (κ1) is 14.3. The van der Waals surface area contributed by atoms with Crippen molar-refractivity contribution in [3.8, 4) is 0 Å². The summed E-state index contributed by atoms with van der Waals surface area (Å²) >= 11 is 1.83. The molecule has 0 bridgehead atoms. The van der Waals surface area contributed by atoms with Gasteiger partial charge in [0.1, 0.15) is 6.61 Å². The molecule has 1 atom stereocenters. The van der Waals surface area contributed by atoms with Gasteiger partial charge in [0.2, 0.25) is 0 Å². The van der Waals surface area contributed by atoms with Crippen LogP contribution in [0.1, 0.15) is 60.3 Å². The largest absolute Gasteiger partial charge is 0.388 e. The predicted octanol–water partition coefficient (Wildman–Crippen LogP) is 3.67. The topological polar surface area (TPSA) is 50.9 Å². The zero-order valence-electron chi connectivity index (χ0n) is 12.6. The Morgan fingerprint density at radius 3 is 2.82 bits per heavy atom. The number of thioether (sulfide) groups is 1. The number of aliphatic hydroxyl groups is 1. The van der Waals surface area contributed by atoms with E-state index >= 15 is 0 Å². The minimum Gasteiger partial charge on any atom is -0.388 e. The van der Waals surface area contributed by atoms with Gasteiger partial charge in [0.05, 0.1) is 0 Å². The lowest BCUT2D eigenvalue weighted by atomic mass is 10.0. The number of aliphatic hydroxyl groups excluding tert-OH is 1. The Bertz CT molecular complexity index is 666. The van der Waals surface area contributed by atoms with Crippen LogP contribution in [0.15, 0.2) is 29.4 Å². The fraction of sp³-hybridized carbons (Fsp3) is 0.529. The van der Waals surface area contributed by atoms with E-state index in [-0.39, 0.29) is 6.61 Å². The monoisotopic (exact) mass is 315 g/mol. The second-order valence-corrected chi connectivity index (χ2v) is 7.38. The second-order valence-electron chi connectivity index (χ2n) is 6.21. The van der Waals surface area contributed by atoms with Crippen LogP contribution in [0, 0.1) is 0 Å². The molecule has 5 heteroatoms. The van der Waals surface area contributed by atoms with Crippen molar-refractivity contribution < 1.29 is 5.11 Å². The smallest absolute Gasteiger partial charge is 0.192 e. The van der Waals surface area contributed by atoms with Crippen molar-refractivity contribution >= 4 is 11.8 Å². The Morgan fingerprint density at radius 2 is 2.00 bits per heavy atom. The first-order chi connectivity index (χ1) is 10.9. The van der Waals surface area contributed by atoms with Crippen LogP contribution in [0.5, 0.6) is 0 Å². The second kappa shape index (κ2) is 6.05. The number of fused-ring (bicyclic) bond motifs is 1. The highest BCUT2D eigenvalue weighted by Gasteiger charge is 2.31. The molecule has 1 fully saturated rings. The lowest BCUT2D eigenvalue weighted by molar-refractivity contribution is 0.263. The zero-order valence-corrected chi connectivity index (χ0v) is 13.4. The van der Waals surface area contributed by atoms with Gasteiger partial charge in [-0.05, 0) is 43.2 Å². The van der Waals surface area contributed by atoms with Crippen LogP contribution in [-0.4, -0.2) is 19.9 Å². The fourth-order valence-corrected chi connectivity index (χ4v) is 4.67. The van der Waals surface area contributed by atoms with Crippen LogP contribution >= 0.6 is 11.8 Å². The van der Waals surface area contributed by atoms with Crippen molar-refractivity contribution in [2.75, 3.05) is 0 Å². The van der Waals surface area contributed by atoms with Crippen molar-refractivity contribution in [3.63, 3.8) is 0 Å². The number of rotatable bonds is 4. The lowest BCUT2D eigenvalue weighted by Crippen LogP contribution is -2.04. The fourth-order valence-electron chi connectivity index (χ4n) is 3.32. The van der Waals surface area contributed by atoms with Gasteiger partial charge in [0.15, 0.2) is 11.0 Å². The standard InChI is InChI=1S/C17H21N3OS/c21-11-16-18-19-17(20(16)13-9-10-13)22-15-8-4-2-6-12-5-1-3-7-14(12)15/h1,3,5,7,13,15,21H,2,4,6,8-11H2.